The maximum Gasteiger partial charge on any atom is 0.261 e. The summed E-state index contributed by atoms with van der Waals surface area (Å²) in [6, 6.07) is 7.05. The fraction of sp³-hybridized carbons (Fsp3) is 0.400. The largest absolute Gasteiger partial charge is 0.268 e. The third-order valence-electron chi connectivity index (χ3n) is 4.96. The smallest absolute Gasteiger partial charge is 0.261 e. The number of halogens is 2. The van der Waals surface area contributed by atoms with E-state index in [9.17, 15) is 13.2 Å². The highest BCUT2D eigenvalue weighted by Crippen LogP contribution is 2.24. The third kappa shape index (κ3) is 5.24. The molecule has 10 heteroatoms. The molecule has 3 rings (SSSR count). The highest BCUT2D eigenvalue weighted by molar-refractivity contribution is 7.91. The Kier molecular flexibility index (Phi) is 6.91. The van der Waals surface area contributed by atoms with Crippen molar-refractivity contribution in [2.45, 2.75) is 25.9 Å². The lowest BCUT2D eigenvalue weighted by molar-refractivity contribution is -0.143. The van der Waals surface area contributed by atoms with E-state index in [0.29, 0.717) is 34.4 Å². The quantitative estimate of drug-likeness (QED) is 0.478. The van der Waals surface area contributed by atoms with E-state index in [1.54, 1.807) is 42.0 Å². The van der Waals surface area contributed by atoms with Crippen LogP contribution >= 0.6 is 23.2 Å². The highest BCUT2D eigenvalue weighted by atomic mass is 35.5. The van der Waals surface area contributed by atoms with Crippen LogP contribution in [0.1, 0.15) is 23.2 Å². The molecule has 162 valence electrons. The Hall–Kier alpha value is -1.87. The summed E-state index contributed by atoms with van der Waals surface area (Å²) < 4.78 is 25.3. The maximum atomic E-state index is 12.8. The van der Waals surface area contributed by atoms with E-state index < -0.39 is 9.84 Å². The van der Waals surface area contributed by atoms with E-state index in [0.717, 1.165) is 5.56 Å². The summed E-state index contributed by atoms with van der Waals surface area (Å²) in [7, 11) is 0.338. The minimum absolute atomic E-state index is 0.0242. The summed E-state index contributed by atoms with van der Waals surface area (Å²) >= 11 is 12.4. The fourth-order valence-electron chi connectivity index (χ4n) is 3.53. The predicted octanol–water partition coefficient (Wildman–Crippen LogP) is 3.05. The normalized spacial score (nSPS) is 18.4. The van der Waals surface area contributed by atoms with Crippen LogP contribution in [0.25, 0.3) is 6.08 Å². The summed E-state index contributed by atoms with van der Waals surface area (Å²) in [5, 5.41) is 8.64. The van der Waals surface area contributed by atoms with Crippen molar-refractivity contribution in [1.29, 1.82) is 0 Å². The fourth-order valence-corrected chi connectivity index (χ4v) is 5.64. The summed E-state index contributed by atoms with van der Waals surface area (Å²) in [6.45, 7) is 2.30. The Balaban J connectivity index is 1.78. The number of hydrogen-bond donors (Lipinski definition) is 0. The van der Waals surface area contributed by atoms with Gasteiger partial charge in [0.25, 0.3) is 5.91 Å². The first kappa shape index (κ1) is 22.8. The zero-order valence-electron chi connectivity index (χ0n) is 17.0. The van der Waals surface area contributed by atoms with Crippen LogP contribution < -0.4 is 0 Å². The molecule has 7 nitrogen and oxygen atoms in total. The van der Waals surface area contributed by atoms with Crippen LogP contribution in [-0.4, -0.2) is 65.8 Å². The summed E-state index contributed by atoms with van der Waals surface area (Å²) in [6.07, 6.45) is 3.47. The number of nitrogens with zero attached hydrogens (tertiary/aromatic N) is 4. The number of rotatable bonds is 6. The summed E-state index contributed by atoms with van der Waals surface area (Å²) in [4.78, 5) is 12.8. The third-order valence-corrected chi connectivity index (χ3v) is 7.36. The van der Waals surface area contributed by atoms with Crippen LogP contribution in [0.15, 0.2) is 30.3 Å². The van der Waals surface area contributed by atoms with E-state index in [2.05, 4.69) is 5.10 Å². The first-order valence-corrected chi connectivity index (χ1v) is 12.0. The molecule has 2 heterocycles. The maximum absolute atomic E-state index is 12.8. The second kappa shape index (κ2) is 9.09. The van der Waals surface area contributed by atoms with E-state index in [1.807, 2.05) is 19.1 Å². The molecule has 1 aromatic carbocycles. The Morgan fingerprint density at radius 1 is 1.27 bits per heavy atom. The van der Waals surface area contributed by atoms with Crippen molar-refractivity contribution in [1.82, 2.24) is 19.8 Å². The average molecular weight is 471 g/mol. The lowest BCUT2D eigenvalue weighted by atomic mass is 10.2. The van der Waals surface area contributed by atoms with Gasteiger partial charge in [-0.2, -0.15) is 5.10 Å². The van der Waals surface area contributed by atoms with Crippen LogP contribution in [0.2, 0.25) is 10.2 Å². The van der Waals surface area contributed by atoms with Gasteiger partial charge >= 0.3 is 0 Å². The molecule has 0 bridgehead atoms. The SMILES string of the molecule is Cc1nn(Cc2ccc(Cl)cc2)c(Cl)c1/C=C/C(=O)N(C1CCS(=O)(=O)C1)N(C)C. The number of amides is 1. The first-order valence-electron chi connectivity index (χ1n) is 9.43. The Labute approximate surface area is 186 Å². The van der Waals surface area contributed by atoms with Gasteiger partial charge in [-0.15, -0.1) is 0 Å². The molecule has 0 saturated carbocycles. The van der Waals surface area contributed by atoms with Crippen LogP contribution in [0.5, 0.6) is 0 Å². The molecule has 1 aliphatic rings. The van der Waals surface area contributed by atoms with Gasteiger partial charge in [-0.3, -0.25) is 9.80 Å². The van der Waals surface area contributed by atoms with Gasteiger partial charge in [0, 0.05) is 30.8 Å². The Morgan fingerprint density at radius 2 is 1.93 bits per heavy atom. The van der Waals surface area contributed by atoms with Gasteiger partial charge in [0.05, 0.1) is 29.8 Å². The highest BCUT2D eigenvalue weighted by Gasteiger charge is 2.35. The molecule has 1 aromatic heterocycles. The molecule has 2 aromatic rings. The predicted molar refractivity (Wildman–Crippen MR) is 119 cm³/mol. The molecule has 0 radical (unpaired) electrons. The van der Waals surface area contributed by atoms with Crippen LogP contribution in [0, 0.1) is 6.92 Å². The van der Waals surface area contributed by atoms with Crippen molar-refractivity contribution in [3.63, 3.8) is 0 Å². The molecular weight excluding hydrogens is 447 g/mol. The minimum Gasteiger partial charge on any atom is -0.268 e. The Morgan fingerprint density at radius 3 is 2.50 bits per heavy atom. The van der Waals surface area contributed by atoms with Gasteiger partial charge in [-0.05, 0) is 37.1 Å². The number of aromatic nitrogens is 2. The second-order valence-electron chi connectivity index (χ2n) is 7.49. The number of carbonyl (C=O) groups excluding carboxylic acids is 1. The van der Waals surface area contributed by atoms with Crippen molar-refractivity contribution in [2.24, 2.45) is 0 Å². The average Bonchev–Trinajstić information content (AvgIpc) is 3.14. The Bertz CT molecular complexity index is 1060. The molecule has 1 atom stereocenters. The molecule has 1 amide bonds. The molecule has 1 aliphatic heterocycles. The van der Waals surface area contributed by atoms with Crippen molar-refractivity contribution in [3.8, 4) is 0 Å². The lowest BCUT2D eigenvalue weighted by Gasteiger charge is -2.32. The van der Waals surface area contributed by atoms with Crippen molar-refractivity contribution in [3.05, 3.63) is 57.3 Å². The standard InChI is InChI=1S/C20H24Cl2N4O3S/c1-14-18(20(22)25(23-14)12-15-4-6-16(21)7-5-15)8-9-19(27)26(24(2)3)17-10-11-30(28,29)13-17/h4-9,17H,10-13H2,1-3H3/b9-8+. The number of aryl methyl sites for hydroxylation is 1. The van der Waals surface area contributed by atoms with E-state index >= 15 is 0 Å². The molecule has 0 aliphatic carbocycles. The van der Waals surface area contributed by atoms with Crippen molar-refractivity contribution < 1.29 is 13.2 Å². The van der Waals surface area contributed by atoms with Crippen LogP contribution in [-0.2, 0) is 21.2 Å². The van der Waals surface area contributed by atoms with Gasteiger partial charge in [0.2, 0.25) is 0 Å². The van der Waals surface area contributed by atoms with Gasteiger partial charge in [-0.1, -0.05) is 35.3 Å². The zero-order valence-corrected chi connectivity index (χ0v) is 19.4. The summed E-state index contributed by atoms with van der Waals surface area (Å²) in [5.74, 6) is -0.228. The van der Waals surface area contributed by atoms with Crippen molar-refractivity contribution >= 4 is 45.0 Å². The second-order valence-corrected chi connectivity index (χ2v) is 10.5. The monoisotopic (exact) mass is 470 g/mol. The number of benzene rings is 1. The molecule has 30 heavy (non-hydrogen) atoms. The lowest BCUT2D eigenvalue weighted by Crippen LogP contribution is -2.48. The molecule has 1 fully saturated rings. The van der Waals surface area contributed by atoms with Gasteiger partial charge in [0.1, 0.15) is 5.15 Å². The summed E-state index contributed by atoms with van der Waals surface area (Å²) in [5.41, 5.74) is 2.34. The number of sulfone groups is 1. The van der Waals surface area contributed by atoms with Gasteiger partial charge in [0.15, 0.2) is 9.84 Å². The van der Waals surface area contributed by atoms with Gasteiger partial charge in [-0.25, -0.2) is 18.1 Å². The van der Waals surface area contributed by atoms with Gasteiger partial charge < -0.3 is 0 Å². The van der Waals surface area contributed by atoms with E-state index in [4.69, 9.17) is 23.2 Å². The van der Waals surface area contributed by atoms with Crippen LogP contribution in [0.3, 0.4) is 0 Å². The molecule has 1 unspecified atom stereocenters. The number of carbonyl (C=O) groups is 1. The van der Waals surface area contributed by atoms with E-state index in [-0.39, 0.29) is 23.5 Å². The van der Waals surface area contributed by atoms with E-state index in [1.165, 1.54) is 11.1 Å². The van der Waals surface area contributed by atoms with Crippen molar-refractivity contribution in [2.75, 3.05) is 25.6 Å². The zero-order chi connectivity index (χ0) is 22.1. The molecule has 0 spiro atoms. The number of hydrogen-bond acceptors (Lipinski definition) is 5. The first-order chi connectivity index (χ1) is 14.1. The minimum atomic E-state index is -3.10. The molecular formula is C20H24Cl2N4O3S. The molecule has 1 saturated heterocycles. The van der Waals surface area contributed by atoms with Crippen LogP contribution in [0.4, 0.5) is 0 Å². The number of hydrazine groups is 1. The topological polar surface area (TPSA) is 75.5 Å². The molecule has 0 N–H and O–H groups in total.